The molecule has 0 bridgehead atoms. The topological polar surface area (TPSA) is 45.2 Å². The second-order valence-corrected chi connectivity index (χ2v) is 8.69. The molecule has 3 aromatic rings. The Kier molecular flexibility index (Phi) is 3.74. The van der Waals surface area contributed by atoms with E-state index in [1.54, 1.807) is 0 Å². The molecular formula is C25H25N2O2+. The lowest BCUT2D eigenvalue weighted by atomic mass is 9.69. The maximum Gasteiger partial charge on any atom is 0.209 e. The van der Waals surface area contributed by atoms with Crippen LogP contribution in [0.2, 0.25) is 0 Å². The van der Waals surface area contributed by atoms with Gasteiger partial charge in [0, 0.05) is 47.4 Å². The van der Waals surface area contributed by atoms with Crippen molar-refractivity contribution >= 4 is 28.1 Å². The molecule has 0 spiro atoms. The number of rotatable bonds is 2. The van der Waals surface area contributed by atoms with Crippen molar-refractivity contribution < 1.29 is 14.5 Å². The van der Waals surface area contributed by atoms with Crippen molar-refractivity contribution in [3.05, 3.63) is 77.5 Å². The van der Waals surface area contributed by atoms with Crippen molar-refractivity contribution in [2.75, 3.05) is 7.05 Å². The lowest BCUT2D eigenvalue weighted by Gasteiger charge is -2.34. The minimum absolute atomic E-state index is 0.0153. The molecule has 2 aliphatic rings. The number of aromatic nitrogens is 1. The number of Topliss-reactive ketones (excluding diaryl/α,β-unsaturated/α-hetero) is 1. The van der Waals surface area contributed by atoms with Gasteiger partial charge in [-0.1, -0.05) is 36.4 Å². The van der Waals surface area contributed by atoms with Crippen LogP contribution >= 0.6 is 0 Å². The summed E-state index contributed by atoms with van der Waals surface area (Å²) in [5.41, 5.74) is 5.69. The highest BCUT2D eigenvalue weighted by Crippen LogP contribution is 2.44. The van der Waals surface area contributed by atoms with E-state index in [0.717, 1.165) is 27.9 Å². The number of para-hydroxylation sites is 2. The molecule has 4 nitrogen and oxygen atoms in total. The van der Waals surface area contributed by atoms with E-state index in [9.17, 15) is 9.90 Å². The number of allylic oxidation sites excluding steroid dienone is 1. The molecule has 1 fully saturated rings. The number of nitrogens with zero attached hydrogens (tertiary/aromatic N) is 2. The molecule has 1 saturated carbocycles. The molecule has 4 heteroatoms. The van der Waals surface area contributed by atoms with Crippen molar-refractivity contribution in [1.29, 1.82) is 0 Å². The van der Waals surface area contributed by atoms with Gasteiger partial charge in [-0.2, -0.15) is 4.58 Å². The summed E-state index contributed by atoms with van der Waals surface area (Å²) in [6, 6.07) is 16.3. The first-order valence-corrected chi connectivity index (χ1v) is 10.0. The second kappa shape index (κ2) is 6.01. The van der Waals surface area contributed by atoms with Gasteiger partial charge in [-0.05, 0) is 25.5 Å². The Hall–Kier alpha value is -2.98. The van der Waals surface area contributed by atoms with Crippen molar-refractivity contribution in [1.82, 2.24) is 4.57 Å². The number of hydrogen-bond acceptors (Lipinski definition) is 2. The number of aliphatic hydroxyl groups is 1. The number of ketones is 1. The molecule has 1 aromatic heterocycles. The maximum atomic E-state index is 13.1. The molecule has 2 unspecified atom stereocenters. The van der Waals surface area contributed by atoms with Gasteiger partial charge in [0.2, 0.25) is 5.69 Å². The Morgan fingerprint density at radius 1 is 1.10 bits per heavy atom. The third kappa shape index (κ3) is 2.36. The van der Waals surface area contributed by atoms with Gasteiger partial charge < -0.3 is 9.67 Å². The molecule has 5 rings (SSSR count). The molecule has 2 heterocycles. The molecule has 1 aliphatic heterocycles. The lowest BCUT2D eigenvalue weighted by molar-refractivity contribution is -0.401. The van der Waals surface area contributed by atoms with Crippen LogP contribution in [0.15, 0.2) is 66.4 Å². The minimum atomic E-state index is -0.784. The van der Waals surface area contributed by atoms with E-state index >= 15 is 0 Å². The summed E-state index contributed by atoms with van der Waals surface area (Å²) in [6.07, 6.45) is 3.10. The molecule has 2 aromatic carbocycles. The fraction of sp³-hybridized carbons (Fsp3) is 0.280. The second-order valence-electron chi connectivity index (χ2n) is 8.69. The van der Waals surface area contributed by atoms with Crippen LogP contribution in [0.4, 0.5) is 5.69 Å². The van der Waals surface area contributed by atoms with Crippen molar-refractivity contribution in [3.8, 4) is 0 Å². The average molecular weight is 385 g/mol. The minimum Gasteiger partial charge on any atom is -0.387 e. The van der Waals surface area contributed by atoms with Crippen molar-refractivity contribution in [2.24, 2.45) is 7.05 Å². The Bertz CT molecular complexity index is 1240. The highest BCUT2D eigenvalue weighted by Gasteiger charge is 2.49. The van der Waals surface area contributed by atoms with Gasteiger partial charge >= 0.3 is 0 Å². The number of fused-ring (bicyclic) bond motifs is 2. The first-order chi connectivity index (χ1) is 13.8. The first-order valence-electron chi connectivity index (χ1n) is 10.0. The summed E-state index contributed by atoms with van der Waals surface area (Å²) in [6.45, 7) is 4.33. The van der Waals surface area contributed by atoms with Gasteiger partial charge in [0.15, 0.2) is 11.5 Å². The van der Waals surface area contributed by atoms with E-state index < -0.39 is 12.0 Å². The molecule has 0 saturated heterocycles. The molecule has 1 aliphatic carbocycles. The first kappa shape index (κ1) is 18.1. The van der Waals surface area contributed by atoms with Crippen LogP contribution in [-0.2, 0) is 17.3 Å². The monoisotopic (exact) mass is 385 g/mol. The number of carbonyl (C=O) groups excluding carboxylic acids is 1. The zero-order chi connectivity index (χ0) is 20.5. The van der Waals surface area contributed by atoms with E-state index in [1.807, 2.05) is 67.3 Å². The fourth-order valence-electron chi connectivity index (χ4n) is 5.05. The molecule has 2 atom stereocenters. The smallest absolute Gasteiger partial charge is 0.209 e. The van der Waals surface area contributed by atoms with Crippen LogP contribution < -0.4 is 0 Å². The fourth-order valence-corrected chi connectivity index (χ4v) is 5.05. The number of aryl methyl sites for hydroxylation is 1. The van der Waals surface area contributed by atoms with Crippen LogP contribution in [0.1, 0.15) is 30.9 Å². The number of benzene rings is 2. The van der Waals surface area contributed by atoms with Crippen LogP contribution in [0.5, 0.6) is 0 Å². The predicted octanol–water partition coefficient (Wildman–Crippen LogP) is 3.84. The highest BCUT2D eigenvalue weighted by atomic mass is 16.3. The van der Waals surface area contributed by atoms with Crippen LogP contribution in [-0.4, -0.2) is 38.9 Å². The number of aliphatic hydroxyl groups excluding tert-OH is 1. The highest BCUT2D eigenvalue weighted by molar-refractivity contribution is 6.16. The third-order valence-electron chi connectivity index (χ3n) is 6.70. The van der Waals surface area contributed by atoms with Crippen LogP contribution in [0, 0.1) is 0 Å². The quantitative estimate of drug-likeness (QED) is 0.538. The Balaban J connectivity index is 1.55. The zero-order valence-corrected chi connectivity index (χ0v) is 17.2. The summed E-state index contributed by atoms with van der Waals surface area (Å²) in [7, 11) is 4.00. The van der Waals surface area contributed by atoms with E-state index in [-0.39, 0.29) is 11.2 Å². The standard InChI is InChI=1S/C25H25N2O2/c1-25(2)18-10-6-8-12-20(18)27(4)21(25)13-16-23(28)22(24(16)29)17-14-26(3)19-11-7-5-9-15(17)19/h5-14,22-23,28H,1-4H3/q+1. The normalized spacial score (nSPS) is 24.3. The molecule has 146 valence electrons. The Morgan fingerprint density at radius 3 is 2.52 bits per heavy atom. The average Bonchev–Trinajstić information content (AvgIpc) is 3.13. The Labute approximate surface area is 170 Å². The number of carbonyl (C=O) groups is 1. The summed E-state index contributed by atoms with van der Waals surface area (Å²) in [5, 5.41) is 12.0. The van der Waals surface area contributed by atoms with Gasteiger partial charge in [-0.15, -0.1) is 0 Å². The van der Waals surface area contributed by atoms with Gasteiger partial charge in [0.25, 0.3) is 0 Å². The van der Waals surface area contributed by atoms with E-state index in [4.69, 9.17) is 0 Å². The molecular weight excluding hydrogens is 360 g/mol. The molecule has 0 radical (unpaired) electrons. The maximum absolute atomic E-state index is 13.1. The van der Waals surface area contributed by atoms with Crippen LogP contribution in [0.25, 0.3) is 10.9 Å². The van der Waals surface area contributed by atoms with Crippen molar-refractivity contribution in [3.63, 3.8) is 0 Å². The van der Waals surface area contributed by atoms with E-state index in [0.29, 0.717) is 5.57 Å². The van der Waals surface area contributed by atoms with Gasteiger partial charge in [0.05, 0.1) is 17.4 Å². The summed E-state index contributed by atoms with van der Waals surface area (Å²) in [4.78, 5) is 13.1. The van der Waals surface area contributed by atoms with E-state index in [1.165, 1.54) is 5.56 Å². The molecule has 0 amide bonds. The van der Waals surface area contributed by atoms with Gasteiger partial charge in [0.1, 0.15) is 7.05 Å². The SMILES string of the molecule is Cn1cc(C2C(=O)C(=CC3=[N+](C)c4ccccc4C3(C)C)C2O)c2ccccc21. The lowest BCUT2D eigenvalue weighted by Crippen LogP contribution is -2.44. The van der Waals surface area contributed by atoms with Gasteiger partial charge in [-0.3, -0.25) is 4.79 Å². The predicted molar refractivity (Wildman–Crippen MR) is 115 cm³/mol. The largest absolute Gasteiger partial charge is 0.387 e. The number of hydrogen-bond donors (Lipinski definition) is 1. The van der Waals surface area contributed by atoms with Crippen LogP contribution in [0.3, 0.4) is 0 Å². The van der Waals surface area contributed by atoms with Gasteiger partial charge in [-0.25, -0.2) is 0 Å². The summed E-state index contributed by atoms with van der Waals surface area (Å²) < 4.78 is 4.15. The zero-order valence-electron chi connectivity index (χ0n) is 17.2. The van der Waals surface area contributed by atoms with Crippen molar-refractivity contribution in [2.45, 2.75) is 31.3 Å². The Morgan fingerprint density at radius 2 is 1.79 bits per heavy atom. The summed E-state index contributed by atoms with van der Waals surface area (Å²) in [5.74, 6) is -0.480. The molecule has 29 heavy (non-hydrogen) atoms. The van der Waals surface area contributed by atoms with E-state index in [2.05, 4.69) is 30.6 Å². The third-order valence-corrected chi connectivity index (χ3v) is 6.70. The summed E-state index contributed by atoms with van der Waals surface area (Å²) >= 11 is 0. The molecule has 1 N–H and O–H groups in total.